The molecule has 13 heteroatoms. The Morgan fingerprint density at radius 2 is 0.986 bits per heavy atom. The third kappa shape index (κ3) is 13.9. The minimum atomic E-state index is -0.728. The Hall–Kier alpha value is -8.29. The Kier molecular flexibility index (Phi) is 17.8. The van der Waals surface area contributed by atoms with E-state index in [1.807, 2.05) is 127 Å². The molecule has 0 bridgehead atoms. The van der Waals surface area contributed by atoms with Crippen LogP contribution in [0.3, 0.4) is 0 Å². The lowest BCUT2D eigenvalue weighted by molar-refractivity contribution is -0.142. The molecule has 1 heterocycles. The highest BCUT2D eigenvalue weighted by atomic mass is 16.5. The van der Waals surface area contributed by atoms with Crippen LogP contribution in [0.25, 0.3) is 0 Å². The summed E-state index contributed by atoms with van der Waals surface area (Å²) in [5, 5.41) is 9.91. The molecular weight excluding hydrogens is 883 g/mol. The number of nitrogens with one attached hydrogen (secondary N) is 3. The fourth-order valence-corrected chi connectivity index (χ4v) is 7.72. The Balaban J connectivity index is 0.828. The summed E-state index contributed by atoms with van der Waals surface area (Å²) >= 11 is 0. The summed E-state index contributed by atoms with van der Waals surface area (Å²) < 4.78 is 22.3. The molecule has 0 aliphatic rings. The highest BCUT2D eigenvalue weighted by molar-refractivity contribution is 6.13. The van der Waals surface area contributed by atoms with Crippen molar-refractivity contribution in [1.82, 2.24) is 10.3 Å². The topological polar surface area (TPSA) is 157 Å². The van der Waals surface area contributed by atoms with Crippen LogP contribution in [-0.4, -0.2) is 88.1 Å². The molecule has 0 amide bonds. The number of benzene rings is 6. The van der Waals surface area contributed by atoms with Gasteiger partial charge in [0.25, 0.3) is 0 Å². The molecule has 0 saturated heterocycles. The largest absolute Gasteiger partial charge is 0.492 e. The molecule has 70 heavy (non-hydrogen) atoms. The third-order valence-corrected chi connectivity index (χ3v) is 11.5. The SMILES string of the molecule is COC(=O)C(Cc1ccc(OCCN(C)c2cccc(CNCCOc3ccc(C[C@H](Nc4ccccc4C(=O)c4ccccc4)C(=O)OC)cc3)n2)cc1)Nc1ccccc1C(=O)c1ccccc1. The molecule has 0 aliphatic heterocycles. The summed E-state index contributed by atoms with van der Waals surface area (Å²) in [4.78, 5) is 59.3. The lowest BCUT2D eigenvalue weighted by Crippen LogP contribution is -2.33. The maximum Gasteiger partial charge on any atom is 0.328 e. The second-order valence-corrected chi connectivity index (χ2v) is 16.4. The van der Waals surface area contributed by atoms with Gasteiger partial charge in [-0.25, -0.2) is 14.6 Å². The van der Waals surface area contributed by atoms with Crippen molar-refractivity contribution in [2.75, 3.05) is 63.1 Å². The van der Waals surface area contributed by atoms with E-state index in [0.717, 1.165) is 22.6 Å². The van der Waals surface area contributed by atoms with Crippen molar-refractivity contribution in [2.45, 2.75) is 31.5 Å². The van der Waals surface area contributed by atoms with Crippen LogP contribution in [0.4, 0.5) is 17.2 Å². The van der Waals surface area contributed by atoms with Gasteiger partial charge >= 0.3 is 11.9 Å². The number of hydrogen-bond acceptors (Lipinski definition) is 13. The molecule has 3 N–H and O–H groups in total. The quantitative estimate of drug-likeness (QED) is 0.0285. The van der Waals surface area contributed by atoms with Gasteiger partial charge in [-0.05, 0) is 71.8 Å². The van der Waals surface area contributed by atoms with E-state index in [1.165, 1.54) is 14.2 Å². The molecule has 7 rings (SSSR count). The van der Waals surface area contributed by atoms with Gasteiger partial charge in [-0.1, -0.05) is 115 Å². The number of para-hydroxylation sites is 2. The number of hydrogen-bond donors (Lipinski definition) is 3. The van der Waals surface area contributed by atoms with Gasteiger partial charge < -0.3 is 39.8 Å². The number of likely N-dealkylation sites (N-methyl/N-ethyl adjacent to an activating group) is 1. The normalized spacial score (nSPS) is 11.6. The number of pyridine rings is 1. The van der Waals surface area contributed by atoms with E-state index in [-0.39, 0.29) is 11.6 Å². The van der Waals surface area contributed by atoms with Crippen LogP contribution in [-0.2, 0) is 38.4 Å². The summed E-state index contributed by atoms with van der Waals surface area (Å²) in [7, 11) is 4.67. The summed E-state index contributed by atoms with van der Waals surface area (Å²) in [6.45, 7) is 2.60. The first-order valence-electron chi connectivity index (χ1n) is 23.1. The van der Waals surface area contributed by atoms with E-state index in [9.17, 15) is 19.2 Å². The molecule has 0 aliphatic carbocycles. The Morgan fingerprint density at radius 3 is 1.47 bits per heavy atom. The third-order valence-electron chi connectivity index (χ3n) is 11.5. The van der Waals surface area contributed by atoms with Crippen LogP contribution < -0.4 is 30.3 Å². The van der Waals surface area contributed by atoms with E-state index >= 15 is 0 Å². The zero-order valence-corrected chi connectivity index (χ0v) is 39.5. The number of nitrogens with zero attached hydrogens (tertiary/aromatic N) is 2. The predicted octanol–water partition coefficient (Wildman–Crippen LogP) is 8.62. The maximum absolute atomic E-state index is 13.3. The molecule has 6 aromatic carbocycles. The highest BCUT2D eigenvalue weighted by Gasteiger charge is 2.24. The summed E-state index contributed by atoms with van der Waals surface area (Å²) in [6, 6.07) is 52.0. The number of carbonyl (C=O) groups is 4. The Bertz CT molecular complexity index is 2810. The number of esters is 2. The van der Waals surface area contributed by atoms with E-state index in [0.29, 0.717) is 90.8 Å². The number of rotatable bonds is 25. The molecule has 0 saturated carbocycles. The van der Waals surface area contributed by atoms with Crippen molar-refractivity contribution in [3.63, 3.8) is 0 Å². The van der Waals surface area contributed by atoms with Crippen molar-refractivity contribution in [2.24, 2.45) is 0 Å². The first kappa shape index (κ1) is 49.6. The molecular formula is C57H57N5O8. The first-order chi connectivity index (χ1) is 34.2. The molecule has 1 unspecified atom stereocenters. The minimum Gasteiger partial charge on any atom is -0.492 e. The minimum absolute atomic E-state index is 0.139. The molecule has 1 aromatic heterocycles. The van der Waals surface area contributed by atoms with E-state index in [2.05, 4.69) is 16.0 Å². The lowest BCUT2D eigenvalue weighted by Gasteiger charge is -2.20. The second kappa shape index (κ2) is 25.2. The van der Waals surface area contributed by atoms with Gasteiger partial charge in [-0.3, -0.25) is 9.59 Å². The number of aromatic nitrogens is 1. The van der Waals surface area contributed by atoms with Gasteiger partial charge in [0.15, 0.2) is 11.6 Å². The van der Waals surface area contributed by atoms with E-state index < -0.39 is 24.0 Å². The van der Waals surface area contributed by atoms with Gasteiger partial charge in [0.1, 0.15) is 42.6 Å². The summed E-state index contributed by atoms with van der Waals surface area (Å²) in [5.74, 6) is 1.05. The lowest BCUT2D eigenvalue weighted by atomic mass is 10.00. The van der Waals surface area contributed by atoms with Crippen LogP contribution in [0.15, 0.2) is 176 Å². The van der Waals surface area contributed by atoms with Crippen molar-refractivity contribution < 1.29 is 38.1 Å². The van der Waals surface area contributed by atoms with Crippen LogP contribution in [0, 0.1) is 0 Å². The molecule has 0 radical (unpaired) electrons. The maximum atomic E-state index is 13.3. The summed E-state index contributed by atoms with van der Waals surface area (Å²) in [5.41, 5.74) is 5.84. The van der Waals surface area contributed by atoms with Gasteiger partial charge in [-0.15, -0.1) is 0 Å². The average Bonchev–Trinajstić information content (AvgIpc) is 3.41. The fraction of sp³-hybridized carbons (Fsp3) is 0.211. The van der Waals surface area contributed by atoms with Gasteiger partial charge in [0.2, 0.25) is 0 Å². The van der Waals surface area contributed by atoms with Crippen LogP contribution in [0.2, 0.25) is 0 Å². The Morgan fingerprint density at radius 1 is 0.529 bits per heavy atom. The molecule has 358 valence electrons. The molecule has 0 fully saturated rings. The fourth-order valence-electron chi connectivity index (χ4n) is 7.72. The van der Waals surface area contributed by atoms with Gasteiger partial charge in [0.05, 0.1) is 26.5 Å². The van der Waals surface area contributed by atoms with Crippen molar-refractivity contribution in [1.29, 1.82) is 0 Å². The van der Waals surface area contributed by atoms with Crippen LogP contribution in [0.5, 0.6) is 11.5 Å². The number of ketones is 2. The molecule has 13 nitrogen and oxygen atoms in total. The van der Waals surface area contributed by atoms with E-state index in [1.54, 1.807) is 60.7 Å². The number of methoxy groups -OCH3 is 2. The summed E-state index contributed by atoms with van der Waals surface area (Å²) in [6.07, 6.45) is 0.672. The monoisotopic (exact) mass is 939 g/mol. The molecule has 2 atom stereocenters. The zero-order chi connectivity index (χ0) is 49.1. The van der Waals surface area contributed by atoms with Gasteiger partial charge in [-0.2, -0.15) is 0 Å². The van der Waals surface area contributed by atoms with E-state index in [4.69, 9.17) is 23.9 Å². The standard InChI is InChI=1S/C57H57N5O8/c1-62(34-36-70-46-31-27-41(28-32-46)38-52(57(66)68-3)61-50-23-13-11-21-48(50)55(64)43-17-8-5-9-18-43)53-24-14-19-44(59-53)39-58-33-35-69-45-29-25-40(26-30-45)37-51(56(65)67-2)60-49-22-12-10-20-47(49)54(63)42-15-6-4-7-16-42/h4-32,51-52,58,60-61H,33-39H2,1-3H3/t51-,52?/m0/s1. The van der Waals surface area contributed by atoms with Gasteiger partial charge in [0, 0.05) is 66.6 Å². The molecule has 7 aromatic rings. The average molecular weight is 940 g/mol. The number of anilines is 3. The van der Waals surface area contributed by atoms with Crippen LogP contribution in [0.1, 0.15) is 48.7 Å². The first-order valence-corrected chi connectivity index (χ1v) is 23.1. The number of ether oxygens (including phenoxy) is 4. The van der Waals surface area contributed by atoms with Crippen molar-refractivity contribution in [3.8, 4) is 11.5 Å². The smallest absolute Gasteiger partial charge is 0.328 e. The Labute approximate surface area is 408 Å². The number of carbonyl (C=O) groups excluding carboxylic acids is 4. The zero-order valence-electron chi connectivity index (χ0n) is 39.5. The second-order valence-electron chi connectivity index (χ2n) is 16.4. The van der Waals surface area contributed by atoms with Crippen LogP contribution >= 0.6 is 0 Å². The predicted molar refractivity (Wildman–Crippen MR) is 272 cm³/mol. The van der Waals surface area contributed by atoms with Crippen molar-refractivity contribution >= 4 is 40.7 Å². The van der Waals surface area contributed by atoms with Crippen molar-refractivity contribution in [3.05, 3.63) is 215 Å². The molecule has 0 spiro atoms. The highest BCUT2D eigenvalue weighted by Crippen LogP contribution is 2.25.